The van der Waals surface area contributed by atoms with Crippen molar-refractivity contribution in [3.05, 3.63) is 59.7 Å². The van der Waals surface area contributed by atoms with Gasteiger partial charge in [-0.1, -0.05) is 24.3 Å². The van der Waals surface area contributed by atoms with Gasteiger partial charge in [0, 0.05) is 57.8 Å². The quantitative estimate of drug-likeness (QED) is 0.158. The summed E-state index contributed by atoms with van der Waals surface area (Å²) >= 11 is 0. The Morgan fingerprint density at radius 1 is 0.917 bits per heavy atom. The molecule has 0 aromatic heterocycles. The van der Waals surface area contributed by atoms with E-state index in [1.54, 1.807) is 42.5 Å². The Morgan fingerprint density at radius 3 is 2.14 bits per heavy atom. The number of carbonyl (C=O) groups is 2. The van der Waals surface area contributed by atoms with Crippen LogP contribution in [0.1, 0.15) is 43.1 Å². The van der Waals surface area contributed by atoms with Gasteiger partial charge in [0.2, 0.25) is 0 Å². The summed E-state index contributed by atoms with van der Waals surface area (Å²) in [6, 6.07) is 14.6. The molecule has 10 heteroatoms. The van der Waals surface area contributed by atoms with Crippen molar-refractivity contribution in [3.63, 3.8) is 0 Å². The van der Waals surface area contributed by atoms with Crippen LogP contribution in [0.5, 0.6) is 5.75 Å². The molecule has 0 heterocycles. The Labute approximate surface area is 215 Å². The molecule has 1 amide bonds. The zero-order chi connectivity index (χ0) is 26.4. The Hall–Kier alpha value is -2.92. The summed E-state index contributed by atoms with van der Waals surface area (Å²) in [6.45, 7) is 7.74. The molecular weight excluding hydrogens is 480 g/mol. The molecule has 0 aliphatic heterocycles. The van der Waals surface area contributed by atoms with Gasteiger partial charge in [-0.15, -0.1) is 0 Å². The van der Waals surface area contributed by atoms with E-state index in [1.165, 1.54) is 0 Å². The molecule has 2 aromatic carbocycles. The highest BCUT2D eigenvalue weighted by Gasteiger charge is 2.39. The molecule has 2 rings (SSSR count). The van der Waals surface area contributed by atoms with Crippen molar-refractivity contribution in [2.45, 2.75) is 39.8 Å². The predicted octanol–water partition coefficient (Wildman–Crippen LogP) is 4.64. The zero-order valence-electron chi connectivity index (χ0n) is 21.9. The van der Waals surface area contributed by atoms with Crippen LogP contribution in [0.25, 0.3) is 0 Å². The van der Waals surface area contributed by atoms with E-state index in [9.17, 15) is 9.59 Å². The topological polar surface area (TPSA) is 95.6 Å². The predicted molar refractivity (Wildman–Crippen MR) is 140 cm³/mol. The van der Waals surface area contributed by atoms with Crippen LogP contribution >= 0.6 is 0 Å². The van der Waals surface area contributed by atoms with E-state index in [4.69, 9.17) is 22.8 Å². The number of para-hydroxylation sites is 1. The second kappa shape index (κ2) is 15.2. The molecule has 0 atom stereocenters. The van der Waals surface area contributed by atoms with E-state index in [-0.39, 0.29) is 6.61 Å². The van der Waals surface area contributed by atoms with E-state index >= 15 is 0 Å². The van der Waals surface area contributed by atoms with Crippen LogP contribution in [0.2, 0.25) is 6.04 Å². The lowest BCUT2D eigenvalue weighted by Gasteiger charge is -2.28. The van der Waals surface area contributed by atoms with Crippen LogP contribution in [0.15, 0.2) is 48.5 Å². The van der Waals surface area contributed by atoms with E-state index in [2.05, 4.69) is 5.32 Å². The van der Waals surface area contributed by atoms with Crippen molar-refractivity contribution >= 4 is 26.6 Å². The molecule has 198 valence electrons. The standard InChI is InChI=1S/C26H38N2O7Si/c1-6-32-36(33-7-2,34-8-3)18-12-17-27-26(30)31-20-22-16-15-21(19-24(22)28(4)5)25(29)35-23-13-10-9-11-14-23/h9-11,13-16,19H,6-8,12,17-18,20H2,1-5H3,(H,27,30). The third kappa shape index (κ3) is 9.27. The number of esters is 1. The number of carbonyl (C=O) groups excluding carboxylic acids is 2. The molecule has 0 aliphatic rings. The summed E-state index contributed by atoms with van der Waals surface area (Å²) in [4.78, 5) is 26.7. The number of benzene rings is 2. The van der Waals surface area contributed by atoms with Crippen molar-refractivity contribution in [2.24, 2.45) is 0 Å². The maximum absolute atomic E-state index is 12.5. The highest BCUT2D eigenvalue weighted by molar-refractivity contribution is 6.60. The minimum Gasteiger partial charge on any atom is -0.445 e. The maximum atomic E-state index is 12.5. The summed E-state index contributed by atoms with van der Waals surface area (Å²) in [7, 11) is 0.981. The number of nitrogens with one attached hydrogen (secondary N) is 1. The first-order valence-electron chi connectivity index (χ1n) is 12.2. The third-order valence-corrected chi connectivity index (χ3v) is 8.29. The number of amides is 1. The smallest absolute Gasteiger partial charge is 0.445 e. The van der Waals surface area contributed by atoms with Gasteiger partial charge in [0.25, 0.3) is 0 Å². The number of hydrogen-bond acceptors (Lipinski definition) is 8. The number of rotatable bonds is 15. The number of nitrogens with zero attached hydrogens (tertiary/aromatic N) is 1. The normalized spacial score (nSPS) is 11.1. The van der Waals surface area contributed by atoms with Gasteiger partial charge in [-0.25, -0.2) is 9.59 Å². The Balaban J connectivity index is 1.89. The number of ether oxygens (including phenoxy) is 2. The van der Waals surface area contributed by atoms with Crippen LogP contribution in [0.4, 0.5) is 10.5 Å². The number of hydrogen-bond donors (Lipinski definition) is 1. The fraction of sp³-hybridized carbons (Fsp3) is 0.462. The number of anilines is 1. The second-order valence-electron chi connectivity index (χ2n) is 8.03. The maximum Gasteiger partial charge on any atom is 0.500 e. The minimum atomic E-state index is -2.73. The van der Waals surface area contributed by atoms with Crippen molar-refractivity contribution in [1.29, 1.82) is 0 Å². The number of alkyl carbamates (subject to hydrolysis) is 1. The molecular formula is C26H38N2O7Si. The summed E-state index contributed by atoms with van der Waals surface area (Å²) < 4.78 is 28.3. The highest BCUT2D eigenvalue weighted by Crippen LogP contribution is 2.23. The van der Waals surface area contributed by atoms with Gasteiger partial charge in [-0.05, 0) is 51.5 Å². The van der Waals surface area contributed by atoms with E-state index < -0.39 is 20.9 Å². The Kier molecular flexibility index (Phi) is 12.4. The summed E-state index contributed by atoms with van der Waals surface area (Å²) in [6.07, 6.45) is 0.117. The van der Waals surface area contributed by atoms with E-state index in [0.29, 0.717) is 50.1 Å². The van der Waals surface area contributed by atoms with Crippen LogP contribution in [-0.4, -0.2) is 61.3 Å². The first-order valence-corrected chi connectivity index (χ1v) is 14.2. The van der Waals surface area contributed by atoms with Gasteiger partial charge in [-0.2, -0.15) is 0 Å². The Morgan fingerprint density at radius 2 is 1.56 bits per heavy atom. The summed E-state index contributed by atoms with van der Waals surface area (Å²) in [5.41, 5.74) is 1.93. The average Bonchev–Trinajstić information content (AvgIpc) is 2.86. The van der Waals surface area contributed by atoms with Crippen molar-refractivity contribution in [3.8, 4) is 5.75 Å². The second-order valence-corrected chi connectivity index (χ2v) is 10.8. The summed E-state index contributed by atoms with van der Waals surface area (Å²) in [5.74, 6) is 0.0157. The molecule has 0 saturated carbocycles. The van der Waals surface area contributed by atoms with Crippen LogP contribution in [0, 0.1) is 0 Å². The molecule has 0 radical (unpaired) electrons. The van der Waals surface area contributed by atoms with Crippen molar-refractivity contribution in [1.82, 2.24) is 5.32 Å². The molecule has 0 saturated heterocycles. The molecule has 0 unspecified atom stereocenters. The third-order valence-electron chi connectivity index (χ3n) is 5.14. The molecule has 0 fully saturated rings. The Bertz CT molecular complexity index is 940. The van der Waals surface area contributed by atoms with Gasteiger partial charge in [0.05, 0.1) is 5.56 Å². The van der Waals surface area contributed by atoms with Gasteiger partial charge in [0.15, 0.2) is 0 Å². The first kappa shape index (κ1) is 29.3. The van der Waals surface area contributed by atoms with Crippen molar-refractivity contribution in [2.75, 3.05) is 45.4 Å². The molecule has 2 aromatic rings. The minimum absolute atomic E-state index is 0.0584. The molecule has 0 aliphatic carbocycles. The van der Waals surface area contributed by atoms with Gasteiger partial charge in [-0.3, -0.25) is 0 Å². The van der Waals surface area contributed by atoms with Crippen LogP contribution in [-0.2, 0) is 24.6 Å². The van der Waals surface area contributed by atoms with Gasteiger partial charge < -0.3 is 33.0 Å². The largest absolute Gasteiger partial charge is 0.500 e. The zero-order valence-corrected chi connectivity index (χ0v) is 22.9. The lowest BCUT2D eigenvalue weighted by Crippen LogP contribution is -2.46. The molecule has 9 nitrogen and oxygen atoms in total. The van der Waals surface area contributed by atoms with Crippen molar-refractivity contribution < 1.29 is 32.3 Å². The van der Waals surface area contributed by atoms with Crippen LogP contribution in [0.3, 0.4) is 0 Å². The summed E-state index contributed by atoms with van der Waals surface area (Å²) in [5, 5.41) is 2.76. The lowest BCUT2D eigenvalue weighted by molar-refractivity contribution is 0.0704. The fourth-order valence-electron chi connectivity index (χ4n) is 3.57. The fourth-order valence-corrected chi connectivity index (χ4v) is 6.19. The molecule has 36 heavy (non-hydrogen) atoms. The van der Waals surface area contributed by atoms with Gasteiger partial charge in [0.1, 0.15) is 12.4 Å². The van der Waals surface area contributed by atoms with Crippen LogP contribution < -0.4 is 15.0 Å². The highest BCUT2D eigenvalue weighted by atomic mass is 28.4. The monoisotopic (exact) mass is 518 g/mol. The first-order chi connectivity index (χ1) is 17.3. The molecule has 1 N–H and O–H groups in total. The average molecular weight is 519 g/mol. The lowest BCUT2D eigenvalue weighted by atomic mass is 10.1. The van der Waals surface area contributed by atoms with E-state index in [1.807, 2.05) is 45.8 Å². The SMILES string of the molecule is CCO[Si](CCCNC(=O)OCc1ccc(C(=O)Oc2ccccc2)cc1N(C)C)(OCC)OCC. The van der Waals surface area contributed by atoms with E-state index in [0.717, 1.165) is 11.3 Å². The molecule has 0 bridgehead atoms. The molecule has 0 spiro atoms. The van der Waals surface area contributed by atoms with Gasteiger partial charge >= 0.3 is 20.9 Å².